The van der Waals surface area contributed by atoms with Crippen molar-refractivity contribution in [2.45, 2.75) is 108 Å². The Labute approximate surface area is 167 Å². The summed E-state index contributed by atoms with van der Waals surface area (Å²) >= 11 is 0. The summed E-state index contributed by atoms with van der Waals surface area (Å²) in [7, 11) is -0.0316. The molecule has 2 aliphatic heterocycles. The van der Waals surface area contributed by atoms with E-state index in [2.05, 4.69) is 60.7 Å². The van der Waals surface area contributed by atoms with E-state index < -0.39 is 8.32 Å². The molecule has 27 heavy (non-hydrogen) atoms. The lowest BCUT2D eigenvalue weighted by molar-refractivity contribution is -0.111. The number of epoxide rings is 2. The van der Waals surface area contributed by atoms with Gasteiger partial charge in [-0.25, -0.2) is 0 Å². The Morgan fingerprint density at radius 3 is 2.37 bits per heavy atom. The van der Waals surface area contributed by atoms with Gasteiger partial charge < -0.3 is 18.6 Å². The van der Waals surface area contributed by atoms with Gasteiger partial charge in [-0.05, 0) is 58.2 Å². The second kappa shape index (κ2) is 6.94. The molecular formula is C22H40O4Si. The molecule has 0 N–H and O–H groups in total. The van der Waals surface area contributed by atoms with Crippen LogP contribution in [0.2, 0.25) is 18.1 Å². The molecule has 3 rings (SSSR count). The number of rotatable bonds is 6. The molecule has 0 bridgehead atoms. The first kappa shape index (κ1) is 21.5. The van der Waals surface area contributed by atoms with Crippen LogP contribution in [0.4, 0.5) is 0 Å². The zero-order valence-corrected chi connectivity index (χ0v) is 19.8. The predicted molar refractivity (Wildman–Crippen MR) is 112 cm³/mol. The second-order valence-corrected chi connectivity index (χ2v) is 15.6. The van der Waals surface area contributed by atoms with E-state index in [0.717, 1.165) is 25.9 Å². The molecule has 1 saturated carbocycles. The van der Waals surface area contributed by atoms with Crippen molar-refractivity contribution >= 4 is 8.32 Å². The number of ether oxygens (including phenoxy) is 3. The molecule has 1 aliphatic carbocycles. The fourth-order valence-corrected chi connectivity index (χ4v) is 5.99. The topological polar surface area (TPSA) is 43.5 Å². The summed E-state index contributed by atoms with van der Waals surface area (Å²) in [5.74, 6) is 0.231. The molecule has 1 spiro atoms. The first-order valence-electron chi connectivity index (χ1n) is 10.5. The third-order valence-electron chi connectivity index (χ3n) is 7.49. The Kier molecular flexibility index (Phi) is 5.53. The minimum atomic E-state index is -1.86. The summed E-state index contributed by atoms with van der Waals surface area (Å²) in [4.78, 5) is 0. The average Bonchev–Trinajstić information content (AvgIpc) is 3.44. The van der Waals surface area contributed by atoms with Crippen molar-refractivity contribution in [1.29, 1.82) is 0 Å². The Balaban J connectivity index is 1.81. The standard InChI is InChI=1S/C22H40O4Si/c1-15(2)10-11-17-21(6,25-17)19-18(23-7)16(12-13-22(19)14-24-22)26-27(8,9)20(3,4)5/h10,16-19H,11-14H2,1-9H3/t16-,17-,18-,19-,21-,22+/m1/s1. The first-order chi connectivity index (χ1) is 12.4. The average molecular weight is 397 g/mol. The molecule has 2 saturated heterocycles. The van der Waals surface area contributed by atoms with Crippen LogP contribution in [0, 0.1) is 5.92 Å². The Hall–Kier alpha value is -0.203. The smallest absolute Gasteiger partial charge is 0.192 e. The summed E-state index contributed by atoms with van der Waals surface area (Å²) in [6, 6.07) is 0. The molecule has 0 aromatic heterocycles. The Bertz CT molecular complexity index is 586. The van der Waals surface area contributed by atoms with Gasteiger partial charge in [-0.1, -0.05) is 32.4 Å². The highest BCUT2D eigenvalue weighted by atomic mass is 28.4. The van der Waals surface area contributed by atoms with Crippen molar-refractivity contribution in [3.05, 3.63) is 11.6 Å². The van der Waals surface area contributed by atoms with E-state index in [-0.39, 0.29) is 40.5 Å². The van der Waals surface area contributed by atoms with Crippen molar-refractivity contribution < 1.29 is 18.6 Å². The largest absolute Gasteiger partial charge is 0.411 e. The van der Waals surface area contributed by atoms with Gasteiger partial charge in [0.1, 0.15) is 5.60 Å². The van der Waals surface area contributed by atoms with Crippen molar-refractivity contribution in [3.63, 3.8) is 0 Å². The summed E-state index contributed by atoms with van der Waals surface area (Å²) in [5, 5.41) is 0.192. The maximum atomic E-state index is 6.85. The number of hydrogen-bond acceptors (Lipinski definition) is 4. The fourth-order valence-electron chi connectivity index (χ4n) is 4.63. The Morgan fingerprint density at radius 2 is 1.89 bits per heavy atom. The molecule has 6 atom stereocenters. The number of methoxy groups -OCH3 is 1. The molecule has 0 aromatic carbocycles. The van der Waals surface area contributed by atoms with Crippen LogP contribution >= 0.6 is 0 Å². The van der Waals surface area contributed by atoms with Crippen LogP contribution in [-0.2, 0) is 18.6 Å². The van der Waals surface area contributed by atoms with Crippen LogP contribution in [0.3, 0.4) is 0 Å². The number of allylic oxidation sites excluding steroid dienone is 1. The van der Waals surface area contributed by atoms with Crippen LogP contribution in [0.25, 0.3) is 0 Å². The lowest BCUT2D eigenvalue weighted by atomic mass is 9.68. The van der Waals surface area contributed by atoms with Gasteiger partial charge in [0.05, 0.1) is 36.4 Å². The first-order valence-corrected chi connectivity index (χ1v) is 13.4. The van der Waals surface area contributed by atoms with Crippen molar-refractivity contribution in [3.8, 4) is 0 Å². The van der Waals surface area contributed by atoms with Crippen LogP contribution in [0.1, 0.15) is 60.8 Å². The van der Waals surface area contributed by atoms with E-state index in [1.165, 1.54) is 5.57 Å². The van der Waals surface area contributed by atoms with Crippen molar-refractivity contribution in [2.75, 3.05) is 13.7 Å². The lowest BCUT2D eigenvalue weighted by Gasteiger charge is -2.47. The molecule has 3 aliphatic rings. The summed E-state index contributed by atoms with van der Waals surface area (Å²) < 4.78 is 25.3. The maximum Gasteiger partial charge on any atom is 0.192 e. The van der Waals surface area contributed by atoms with Gasteiger partial charge in [-0.2, -0.15) is 0 Å². The SMILES string of the molecule is CO[C@@H]1[C@H](O[Si](C)(C)C(C)(C)C)CC[C@]2(CO2)[C@H]1[C@]1(C)O[C@@H]1CC=C(C)C. The highest BCUT2D eigenvalue weighted by Crippen LogP contribution is 2.60. The van der Waals surface area contributed by atoms with Gasteiger partial charge in [0.2, 0.25) is 0 Å². The molecule has 0 amide bonds. The van der Waals surface area contributed by atoms with E-state index in [9.17, 15) is 0 Å². The molecule has 5 heteroatoms. The molecule has 0 aromatic rings. The third kappa shape index (κ3) is 3.95. The van der Waals surface area contributed by atoms with E-state index >= 15 is 0 Å². The van der Waals surface area contributed by atoms with Crippen LogP contribution in [0.5, 0.6) is 0 Å². The second-order valence-electron chi connectivity index (χ2n) is 10.8. The van der Waals surface area contributed by atoms with Crippen LogP contribution < -0.4 is 0 Å². The van der Waals surface area contributed by atoms with Crippen molar-refractivity contribution in [2.24, 2.45) is 5.92 Å². The molecule has 3 fully saturated rings. The molecule has 156 valence electrons. The molecule has 0 radical (unpaired) electrons. The quantitative estimate of drug-likeness (QED) is 0.356. The van der Waals surface area contributed by atoms with Crippen LogP contribution in [0.15, 0.2) is 11.6 Å². The highest BCUT2D eigenvalue weighted by molar-refractivity contribution is 6.74. The van der Waals surface area contributed by atoms with Gasteiger partial charge >= 0.3 is 0 Å². The predicted octanol–water partition coefficient (Wildman–Crippen LogP) is 5.08. The van der Waals surface area contributed by atoms with Gasteiger partial charge in [0.25, 0.3) is 0 Å². The van der Waals surface area contributed by atoms with Gasteiger partial charge in [-0.3, -0.25) is 0 Å². The van der Waals surface area contributed by atoms with Gasteiger partial charge in [0.15, 0.2) is 8.32 Å². The van der Waals surface area contributed by atoms with E-state index in [0.29, 0.717) is 0 Å². The highest BCUT2D eigenvalue weighted by Gasteiger charge is 2.72. The maximum absolute atomic E-state index is 6.85. The normalized spacial score (nSPS) is 41.5. The zero-order valence-electron chi connectivity index (χ0n) is 18.8. The summed E-state index contributed by atoms with van der Waals surface area (Å²) in [5.41, 5.74) is 1.09. The molecule has 4 nitrogen and oxygen atoms in total. The summed E-state index contributed by atoms with van der Waals surface area (Å²) in [6.07, 6.45) is 5.71. The molecule has 2 heterocycles. The Morgan fingerprint density at radius 1 is 1.26 bits per heavy atom. The minimum Gasteiger partial charge on any atom is -0.411 e. The fraction of sp³-hybridized carbons (Fsp3) is 0.909. The third-order valence-corrected chi connectivity index (χ3v) is 12.0. The summed E-state index contributed by atoms with van der Waals surface area (Å²) in [6.45, 7) is 18.9. The van der Waals surface area contributed by atoms with E-state index in [4.69, 9.17) is 18.6 Å². The monoisotopic (exact) mass is 396 g/mol. The minimum absolute atomic E-state index is 0.0251. The van der Waals surface area contributed by atoms with E-state index in [1.807, 2.05) is 7.11 Å². The van der Waals surface area contributed by atoms with Gasteiger partial charge in [0, 0.05) is 7.11 Å². The van der Waals surface area contributed by atoms with E-state index in [1.54, 1.807) is 0 Å². The zero-order chi connectivity index (χ0) is 20.3. The van der Waals surface area contributed by atoms with Crippen molar-refractivity contribution in [1.82, 2.24) is 0 Å². The molecular weight excluding hydrogens is 356 g/mol. The lowest BCUT2D eigenvalue weighted by Crippen LogP contribution is -2.58. The number of hydrogen-bond donors (Lipinski definition) is 0. The van der Waals surface area contributed by atoms with Gasteiger partial charge in [-0.15, -0.1) is 0 Å². The molecule has 0 unspecified atom stereocenters. The van der Waals surface area contributed by atoms with Crippen LogP contribution in [-0.4, -0.2) is 51.5 Å².